The molecule has 12 nitrogen and oxygen atoms in total. The van der Waals surface area contributed by atoms with E-state index in [-0.39, 0.29) is 35.8 Å². The number of amides is 6. The van der Waals surface area contributed by atoms with Gasteiger partial charge in [0.1, 0.15) is 11.9 Å². The van der Waals surface area contributed by atoms with Gasteiger partial charge in [-0.25, -0.2) is 4.39 Å². The number of fused-ring (bicyclic) bond motifs is 2. The van der Waals surface area contributed by atoms with Gasteiger partial charge >= 0.3 is 0 Å². The van der Waals surface area contributed by atoms with Gasteiger partial charge in [-0.2, -0.15) is 0 Å². The number of piperidine rings is 1. The summed E-state index contributed by atoms with van der Waals surface area (Å²) >= 11 is 0. The minimum atomic E-state index is -1.02. The van der Waals surface area contributed by atoms with Crippen LogP contribution < -0.4 is 21.3 Å². The highest BCUT2D eigenvalue weighted by Gasteiger charge is 2.44. The highest BCUT2D eigenvalue weighted by molar-refractivity contribution is 6.35. The number of nitrogens with zero attached hydrogens (tertiary/aromatic N) is 1. The molecule has 1 fully saturated rings. The Morgan fingerprint density at radius 3 is 2.50 bits per heavy atom. The number of halogens is 1. The third-order valence-corrected chi connectivity index (χ3v) is 8.41. The van der Waals surface area contributed by atoms with Gasteiger partial charge < -0.3 is 20.9 Å². The molecule has 5 N–H and O–H groups in total. The van der Waals surface area contributed by atoms with Gasteiger partial charge in [0.15, 0.2) is 0 Å². The van der Waals surface area contributed by atoms with Crippen LogP contribution in [0.1, 0.15) is 79.3 Å². The van der Waals surface area contributed by atoms with Crippen molar-refractivity contribution in [2.75, 3.05) is 23.7 Å². The van der Waals surface area contributed by atoms with E-state index in [0.717, 1.165) is 4.90 Å². The summed E-state index contributed by atoms with van der Waals surface area (Å²) in [6.45, 7) is 4.51. The minimum Gasteiger partial charge on any atom is -0.385 e. The molecule has 3 aliphatic heterocycles. The van der Waals surface area contributed by atoms with Crippen LogP contribution in [0.4, 0.5) is 15.8 Å². The first-order valence-corrected chi connectivity index (χ1v) is 14.9. The number of aromatic amines is 1. The maximum atomic E-state index is 13.8. The van der Waals surface area contributed by atoms with Crippen molar-refractivity contribution in [2.24, 2.45) is 0 Å². The van der Waals surface area contributed by atoms with E-state index in [2.05, 4.69) is 26.3 Å². The molecule has 1 saturated heterocycles. The molecule has 0 bridgehead atoms. The molecule has 0 saturated carbocycles. The molecule has 46 heavy (non-hydrogen) atoms. The van der Waals surface area contributed by atoms with Crippen molar-refractivity contribution in [2.45, 2.75) is 45.6 Å². The maximum Gasteiger partial charge on any atom is 0.262 e. The quantitative estimate of drug-likeness (QED) is 0.138. The van der Waals surface area contributed by atoms with Crippen molar-refractivity contribution in [1.29, 1.82) is 0 Å². The Bertz CT molecular complexity index is 1880. The molecular weight excluding hydrogens is 595 g/mol. The van der Waals surface area contributed by atoms with Crippen LogP contribution in [-0.4, -0.2) is 64.5 Å². The molecule has 3 aliphatic rings. The number of rotatable bonds is 9. The summed E-state index contributed by atoms with van der Waals surface area (Å²) in [5.41, 5.74) is 4.72. The summed E-state index contributed by atoms with van der Waals surface area (Å²) in [5, 5.41) is 11.1. The summed E-state index contributed by atoms with van der Waals surface area (Å²) in [7, 11) is 0. The second-order valence-electron chi connectivity index (χ2n) is 11.5. The molecule has 6 amide bonds. The zero-order valence-electron chi connectivity index (χ0n) is 25.1. The first kappa shape index (κ1) is 30.4. The number of anilines is 2. The second-order valence-corrected chi connectivity index (χ2v) is 11.5. The zero-order chi connectivity index (χ0) is 32.7. The Kier molecular flexibility index (Phi) is 7.99. The average Bonchev–Trinajstić information content (AvgIpc) is 3.57. The first-order chi connectivity index (χ1) is 22.0. The van der Waals surface area contributed by atoms with Crippen LogP contribution in [-0.2, 0) is 14.4 Å². The summed E-state index contributed by atoms with van der Waals surface area (Å²) in [4.78, 5) is 79.3. The molecule has 6 rings (SSSR count). The molecule has 13 heteroatoms. The van der Waals surface area contributed by atoms with Crippen molar-refractivity contribution in [3.63, 3.8) is 0 Å². The monoisotopic (exact) mass is 626 g/mol. The van der Waals surface area contributed by atoms with Crippen LogP contribution in [0.3, 0.4) is 0 Å². The van der Waals surface area contributed by atoms with E-state index >= 15 is 0 Å². The van der Waals surface area contributed by atoms with Crippen LogP contribution in [0.2, 0.25) is 0 Å². The zero-order valence-corrected chi connectivity index (χ0v) is 25.1. The minimum absolute atomic E-state index is 0.0550. The van der Waals surface area contributed by atoms with Crippen molar-refractivity contribution in [1.82, 2.24) is 20.5 Å². The number of imide groups is 2. The van der Waals surface area contributed by atoms with Gasteiger partial charge in [-0.1, -0.05) is 0 Å². The fourth-order valence-electron chi connectivity index (χ4n) is 6.06. The number of benzene rings is 2. The lowest BCUT2D eigenvalue weighted by Gasteiger charge is -2.27. The molecule has 0 spiro atoms. The number of aryl methyl sites for hydroxylation is 1. The molecule has 2 aromatic carbocycles. The fourth-order valence-corrected chi connectivity index (χ4v) is 6.06. The van der Waals surface area contributed by atoms with E-state index in [1.54, 1.807) is 38.1 Å². The standard InChI is InChI=1S/C33H31FN6O6/c1-16-25(15-22-21-13-18(34)5-8-24(21)38-29(22)42)37-17(2)28(16)31(44)36-12-4-3-11-35-19-6-7-20-23(14-19)33(46)40(32(20)45)26-9-10-27(41)39-30(26)43/h5-8,13-15,26,35,37H,3-4,9-12H2,1-2H3,(H,36,44)(H,38,42)(H,39,41,43). The van der Waals surface area contributed by atoms with Gasteiger partial charge in [-0.3, -0.25) is 39.0 Å². The van der Waals surface area contributed by atoms with E-state index in [1.165, 1.54) is 18.2 Å². The van der Waals surface area contributed by atoms with Crippen molar-refractivity contribution in [3.8, 4) is 0 Å². The predicted molar refractivity (Wildman–Crippen MR) is 166 cm³/mol. The normalized spacial score (nSPS) is 18.1. The van der Waals surface area contributed by atoms with E-state index in [4.69, 9.17) is 0 Å². The lowest BCUT2D eigenvalue weighted by atomic mass is 10.0. The number of carbonyl (C=O) groups is 6. The van der Waals surface area contributed by atoms with Crippen LogP contribution in [0.5, 0.6) is 0 Å². The number of aromatic nitrogens is 1. The van der Waals surface area contributed by atoms with Gasteiger partial charge in [0, 0.05) is 47.8 Å². The highest BCUT2D eigenvalue weighted by atomic mass is 19.1. The topological polar surface area (TPSA) is 170 Å². The Morgan fingerprint density at radius 2 is 1.72 bits per heavy atom. The molecule has 0 aliphatic carbocycles. The number of hydrogen-bond acceptors (Lipinski definition) is 7. The fraction of sp³-hybridized carbons (Fsp3) is 0.273. The van der Waals surface area contributed by atoms with Crippen LogP contribution in [0.15, 0.2) is 36.4 Å². The first-order valence-electron chi connectivity index (χ1n) is 14.9. The molecule has 1 aromatic heterocycles. The summed E-state index contributed by atoms with van der Waals surface area (Å²) in [6.07, 6.45) is 3.13. The number of hydrogen-bond donors (Lipinski definition) is 5. The molecule has 0 radical (unpaired) electrons. The van der Waals surface area contributed by atoms with Gasteiger partial charge in [0.05, 0.1) is 22.3 Å². The maximum absolute atomic E-state index is 13.8. The number of nitrogens with one attached hydrogen (secondary N) is 5. The van der Waals surface area contributed by atoms with Crippen LogP contribution in [0, 0.1) is 19.7 Å². The SMILES string of the molecule is Cc1[nH]c(C=C2C(=O)Nc3ccc(F)cc32)c(C)c1C(=O)NCCCCNc1ccc2c(c1)C(=O)N(C1CCC(=O)NC1=O)C2=O. The Morgan fingerprint density at radius 1 is 0.957 bits per heavy atom. The summed E-state index contributed by atoms with van der Waals surface area (Å²) < 4.78 is 13.8. The van der Waals surface area contributed by atoms with Crippen molar-refractivity contribution >= 4 is 58.5 Å². The third kappa shape index (κ3) is 5.55. The van der Waals surface area contributed by atoms with E-state index < -0.39 is 35.5 Å². The molecular formula is C33H31FN6O6. The van der Waals surface area contributed by atoms with Crippen molar-refractivity contribution < 1.29 is 33.2 Å². The van der Waals surface area contributed by atoms with Gasteiger partial charge in [0.25, 0.3) is 23.6 Å². The van der Waals surface area contributed by atoms with Crippen LogP contribution in [0.25, 0.3) is 11.6 Å². The average molecular weight is 627 g/mol. The second kappa shape index (κ2) is 12.1. The Labute approximate surface area is 262 Å². The van der Waals surface area contributed by atoms with E-state index in [9.17, 15) is 33.2 Å². The molecule has 1 unspecified atom stereocenters. The Balaban J connectivity index is 1.01. The third-order valence-electron chi connectivity index (χ3n) is 8.41. The molecule has 4 heterocycles. The van der Waals surface area contributed by atoms with Gasteiger partial charge in [-0.05, 0) is 81.1 Å². The van der Waals surface area contributed by atoms with Crippen LogP contribution >= 0.6 is 0 Å². The lowest BCUT2D eigenvalue weighted by Crippen LogP contribution is -2.54. The molecule has 236 valence electrons. The largest absolute Gasteiger partial charge is 0.385 e. The number of carbonyl (C=O) groups excluding carboxylic acids is 6. The Hall–Kier alpha value is -5.59. The number of unbranched alkanes of at least 4 members (excludes halogenated alkanes) is 1. The molecule has 3 aromatic rings. The predicted octanol–water partition coefficient (Wildman–Crippen LogP) is 3.29. The smallest absolute Gasteiger partial charge is 0.262 e. The highest BCUT2D eigenvalue weighted by Crippen LogP contribution is 2.34. The van der Waals surface area contributed by atoms with E-state index in [1.807, 2.05) is 0 Å². The summed E-state index contributed by atoms with van der Waals surface area (Å²) in [6, 6.07) is 7.89. The molecule has 1 atom stereocenters. The lowest BCUT2D eigenvalue weighted by molar-refractivity contribution is -0.136. The van der Waals surface area contributed by atoms with Gasteiger partial charge in [0.2, 0.25) is 11.8 Å². The van der Waals surface area contributed by atoms with Gasteiger partial charge in [-0.15, -0.1) is 0 Å². The summed E-state index contributed by atoms with van der Waals surface area (Å²) in [5.74, 6) is -3.26. The number of H-pyrrole nitrogens is 1. The van der Waals surface area contributed by atoms with E-state index in [0.29, 0.717) is 71.0 Å². The van der Waals surface area contributed by atoms with Crippen molar-refractivity contribution in [3.05, 3.63) is 81.4 Å².